The number of nitrogens with one attached hydrogen (secondary N) is 1. The van der Waals surface area contributed by atoms with Gasteiger partial charge in [0.15, 0.2) is 0 Å². The van der Waals surface area contributed by atoms with E-state index in [9.17, 15) is 9.59 Å². The molecule has 2 aromatic carbocycles. The number of halogens is 1. The third-order valence-corrected chi connectivity index (χ3v) is 3.52. The van der Waals surface area contributed by atoms with Gasteiger partial charge in [-0.25, -0.2) is 4.79 Å². The number of benzene rings is 2. The Morgan fingerprint density at radius 3 is 2.59 bits per heavy atom. The Labute approximate surface area is 132 Å². The minimum Gasteiger partial charge on any atom is -0.447 e. The van der Waals surface area contributed by atoms with Crippen LogP contribution in [0, 0.1) is 0 Å². The van der Waals surface area contributed by atoms with Crippen LogP contribution in [-0.4, -0.2) is 25.2 Å². The third-order valence-electron chi connectivity index (χ3n) is 3.28. The second-order valence-corrected chi connectivity index (χ2v) is 5.21. The quantitative estimate of drug-likeness (QED) is 0.942. The number of amides is 2. The van der Waals surface area contributed by atoms with Gasteiger partial charge < -0.3 is 10.1 Å². The lowest BCUT2D eigenvalue weighted by molar-refractivity contribution is 0.102. The van der Waals surface area contributed by atoms with Crippen molar-refractivity contribution in [3.63, 3.8) is 0 Å². The van der Waals surface area contributed by atoms with Crippen molar-refractivity contribution in [2.24, 2.45) is 0 Å². The fourth-order valence-electron chi connectivity index (χ4n) is 2.19. The van der Waals surface area contributed by atoms with Crippen LogP contribution in [0.25, 0.3) is 0 Å². The van der Waals surface area contributed by atoms with E-state index < -0.39 is 0 Å². The van der Waals surface area contributed by atoms with Crippen LogP contribution < -0.4 is 10.2 Å². The van der Waals surface area contributed by atoms with E-state index in [1.807, 2.05) is 0 Å². The molecule has 2 aromatic rings. The topological polar surface area (TPSA) is 58.6 Å². The second kappa shape index (κ2) is 6.07. The molecule has 1 N–H and O–H groups in total. The Morgan fingerprint density at radius 1 is 1.18 bits per heavy atom. The Morgan fingerprint density at radius 2 is 1.95 bits per heavy atom. The van der Waals surface area contributed by atoms with Crippen molar-refractivity contribution in [2.75, 3.05) is 23.4 Å². The maximum atomic E-state index is 12.2. The molecule has 112 valence electrons. The Hall–Kier alpha value is -2.53. The molecule has 1 aliphatic heterocycles. The van der Waals surface area contributed by atoms with Gasteiger partial charge in [0.1, 0.15) is 6.61 Å². The van der Waals surface area contributed by atoms with Crippen LogP contribution >= 0.6 is 11.6 Å². The Kier molecular flexibility index (Phi) is 3.98. The van der Waals surface area contributed by atoms with Gasteiger partial charge in [-0.15, -0.1) is 0 Å². The number of carbonyl (C=O) groups excluding carboxylic acids is 2. The lowest BCUT2D eigenvalue weighted by Crippen LogP contribution is -2.23. The average Bonchev–Trinajstić information content (AvgIpc) is 2.93. The van der Waals surface area contributed by atoms with Gasteiger partial charge in [0.2, 0.25) is 0 Å². The number of rotatable bonds is 3. The smallest absolute Gasteiger partial charge is 0.414 e. The highest BCUT2D eigenvalue weighted by Crippen LogP contribution is 2.20. The minimum atomic E-state index is -0.365. The van der Waals surface area contributed by atoms with E-state index in [4.69, 9.17) is 16.3 Å². The van der Waals surface area contributed by atoms with Gasteiger partial charge in [0, 0.05) is 22.0 Å². The predicted molar refractivity (Wildman–Crippen MR) is 84.5 cm³/mol. The first kappa shape index (κ1) is 14.4. The molecule has 0 atom stereocenters. The van der Waals surface area contributed by atoms with Crippen LogP contribution in [0.4, 0.5) is 16.2 Å². The summed E-state index contributed by atoms with van der Waals surface area (Å²) in [5.41, 5.74) is 1.84. The number of ether oxygens (including phenoxy) is 1. The molecule has 1 aliphatic rings. The van der Waals surface area contributed by atoms with Crippen LogP contribution in [0.2, 0.25) is 5.02 Å². The normalized spacial score (nSPS) is 13.9. The molecule has 0 aliphatic carbocycles. The molecule has 0 unspecified atom stereocenters. The van der Waals surface area contributed by atoms with Crippen LogP contribution in [0.5, 0.6) is 0 Å². The highest BCUT2D eigenvalue weighted by molar-refractivity contribution is 6.31. The highest BCUT2D eigenvalue weighted by atomic mass is 35.5. The zero-order valence-corrected chi connectivity index (χ0v) is 12.3. The minimum absolute atomic E-state index is 0.238. The third kappa shape index (κ3) is 3.04. The zero-order valence-electron chi connectivity index (χ0n) is 11.6. The monoisotopic (exact) mass is 316 g/mol. The standard InChI is InChI=1S/C16H13ClN2O3/c17-12-2-1-3-13(10-12)18-15(20)11-4-6-14(7-5-11)19-8-9-22-16(19)21/h1-7,10H,8-9H2,(H,18,20). The van der Waals surface area contributed by atoms with Crippen LogP contribution in [0.1, 0.15) is 10.4 Å². The predicted octanol–water partition coefficient (Wildman–Crippen LogP) is 3.55. The molecule has 3 rings (SSSR count). The van der Waals surface area contributed by atoms with E-state index in [0.29, 0.717) is 35.1 Å². The lowest BCUT2D eigenvalue weighted by Gasteiger charge is -2.13. The highest BCUT2D eigenvalue weighted by Gasteiger charge is 2.23. The first-order chi connectivity index (χ1) is 10.6. The number of anilines is 2. The van der Waals surface area contributed by atoms with Crippen molar-refractivity contribution in [1.82, 2.24) is 0 Å². The number of hydrogen-bond acceptors (Lipinski definition) is 3. The molecule has 1 saturated heterocycles. The van der Waals surface area contributed by atoms with Crippen molar-refractivity contribution in [1.29, 1.82) is 0 Å². The molecule has 2 amide bonds. The largest absolute Gasteiger partial charge is 0.447 e. The van der Waals surface area contributed by atoms with E-state index in [1.165, 1.54) is 4.90 Å². The van der Waals surface area contributed by atoms with Gasteiger partial charge in [0.25, 0.3) is 5.91 Å². The van der Waals surface area contributed by atoms with Gasteiger partial charge in [-0.1, -0.05) is 17.7 Å². The summed E-state index contributed by atoms with van der Waals surface area (Å²) in [6, 6.07) is 13.7. The van der Waals surface area contributed by atoms with Gasteiger partial charge in [-0.05, 0) is 42.5 Å². The number of cyclic esters (lactones) is 1. The maximum Gasteiger partial charge on any atom is 0.414 e. The molecule has 1 heterocycles. The van der Waals surface area contributed by atoms with E-state index >= 15 is 0 Å². The number of carbonyl (C=O) groups is 2. The first-order valence-corrected chi connectivity index (χ1v) is 7.12. The van der Waals surface area contributed by atoms with Crippen molar-refractivity contribution in [3.05, 3.63) is 59.1 Å². The summed E-state index contributed by atoms with van der Waals surface area (Å²) in [5.74, 6) is -0.238. The summed E-state index contributed by atoms with van der Waals surface area (Å²) in [4.78, 5) is 25.2. The Balaban J connectivity index is 1.72. The van der Waals surface area contributed by atoms with Gasteiger partial charge in [0.05, 0.1) is 6.54 Å². The molecule has 1 fully saturated rings. The van der Waals surface area contributed by atoms with Crippen molar-refractivity contribution < 1.29 is 14.3 Å². The molecular formula is C16H13ClN2O3. The summed E-state index contributed by atoms with van der Waals surface area (Å²) >= 11 is 5.88. The van der Waals surface area contributed by atoms with Crippen molar-refractivity contribution in [2.45, 2.75) is 0 Å². The van der Waals surface area contributed by atoms with Gasteiger partial charge >= 0.3 is 6.09 Å². The van der Waals surface area contributed by atoms with Gasteiger partial charge in [-0.3, -0.25) is 9.69 Å². The maximum absolute atomic E-state index is 12.2. The van der Waals surface area contributed by atoms with E-state index in [0.717, 1.165) is 0 Å². The van der Waals surface area contributed by atoms with Crippen molar-refractivity contribution >= 4 is 35.0 Å². The van der Waals surface area contributed by atoms with E-state index in [-0.39, 0.29) is 12.0 Å². The fourth-order valence-corrected chi connectivity index (χ4v) is 2.38. The summed E-state index contributed by atoms with van der Waals surface area (Å²) < 4.78 is 4.88. The van der Waals surface area contributed by atoms with Crippen LogP contribution in [0.3, 0.4) is 0 Å². The summed E-state index contributed by atoms with van der Waals surface area (Å²) in [6.45, 7) is 0.905. The second-order valence-electron chi connectivity index (χ2n) is 4.78. The molecule has 6 heteroatoms. The lowest BCUT2D eigenvalue weighted by atomic mass is 10.1. The SMILES string of the molecule is O=C(Nc1cccc(Cl)c1)c1ccc(N2CCOC2=O)cc1. The number of nitrogens with zero attached hydrogens (tertiary/aromatic N) is 1. The molecule has 0 bridgehead atoms. The molecule has 0 spiro atoms. The van der Waals surface area contributed by atoms with Crippen LogP contribution in [0.15, 0.2) is 48.5 Å². The number of hydrogen-bond donors (Lipinski definition) is 1. The summed E-state index contributed by atoms with van der Waals surface area (Å²) in [5, 5.41) is 3.32. The fraction of sp³-hybridized carbons (Fsp3) is 0.125. The first-order valence-electron chi connectivity index (χ1n) is 6.75. The van der Waals surface area contributed by atoms with Crippen LogP contribution in [-0.2, 0) is 4.74 Å². The van der Waals surface area contributed by atoms with Crippen molar-refractivity contribution in [3.8, 4) is 0 Å². The molecule has 5 nitrogen and oxygen atoms in total. The molecule has 0 aromatic heterocycles. The molecule has 0 saturated carbocycles. The molecule has 22 heavy (non-hydrogen) atoms. The zero-order chi connectivity index (χ0) is 15.5. The molecule has 0 radical (unpaired) electrons. The van der Waals surface area contributed by atoms with Gasteiger partial charge in [-0.2, -0.15) is 0 Å². The van der Waals surface area contributed by atoms with E-state index in [2.05, 4.69) is 5.32 Å². The average molecular weight is 317 g/mol. The molecular weight excluding hydrogens is 304 g/mol. The summed E-state index contributed by atoms with van der Waals surface area (Å²) in [6.07, 6.45) is -0.365. The van der Waals surface area contributed by atoms with E-state index in [1.54, 1.807) is 48.5 Å². The summed E-state index contributed by atoms with van der Waals surface area (Å²) in [7, 11) is 0. The Bertz CT molecular complexity index is 716.